The zero-order chi connectivity index (χ0) is 11.3. The average Bonchev–Trinajstić information content (AvgIpc) is 2.49. The van der Waals surface area contributed by atoms with Crippen molar-refractivity contribution < 1.29 is 19.2 Å². The Labute approximate surface area is 91.0 Å². The molecule has 0 saturated carbocycles. The largest absolute Gasteiger partial charge is 0.336 e. The molecule has 1 heterocycles. The summed E-state index contributed by atoms with van der Waals surface area (Å²) < 4.78 is 2.79. The van der Waals surface area contributed by atoms with Crippen LogP contribution in [0.4, 0.5) is 0 Å². The summed E-state index contributed by atoms with van der Waals surface area (Å²) in [5.41, 5.74) is 0. The van der Waals surface area contributed by atoms with Crippen molar-refractivity contribution in [3.63, 3.8) is 0 Å². The van der Waals surface area contributed by atoms with E-state index in [0.29, 0.717) is 6.42 Å². The third-order valence-electron chi connectivity index (χ3n) is 1.80. The van der Waals surface area contributed by atoms with E-state index in [-0.39, 0.29) is 24.8 Å². The molecule has 0 fully saturated rings. The monoisotopic (exact) mass is 228 g/mol. The summed E-state index contributed by atoms with van der Waals surface area (Å²) in [5.74, 6) is -1.29. The van der Waals surface area contributed by atoms with Crippen molar-refractivity contribution in [3.05, 3.63) is 12.2 Å². The van der Waals surface area contributed by atoms with Gasteiger partial charge in [-0.05, 0) is 10.9 Å². The number of carbonyl (C=O) groups is 3. The van der Waals surface area contributed by atoms with Gasteiger partial charge in [0.1, 0.15) is 0 Å². The van der Waals surface area contributed by atoms with Crippen LogP contribution in [-0.4, -0.2) is 29.2 Å². The van der Waals surface area contributed by atoms with Crippen LogP contribution >= 0.6 is 0 Å². The molecule has 0 N–H and O–H groups in total. The molecule has 0 bridgehead atoms. The van der Waals surface area contributed by atoms with Crippen molar-refractivity contribution in [3.8, 4) is 0 Å². The molecule has 0 aromatic rings. The molecule has 15 heavy (non-hydrogen) atoms. The van der Waals surface area contributed by atoms with Crippen LogP contribution in [0.1, 0.15) is 12.8 Å². The topological polar surface area (TPSA) is 76.0 Å². The summed E-state index contributed by atoms with van der Waals surface area (Å²) in [6.45, 7) is 0.192. The molecule has 6 nitrogen and oxygen atoms in total. The first-order valence-electron chi connectivity index (χ1n) is 4.21. The van der Waals surface area contributed by atoms with E-state index in [1.54, 1.807) is 0 Å². The van der Waals surface area contributed by atoms with E-state index in [2.05, 4.69) is 21.8 Å². The van der Waals surface area contributed by atoms with Gasteiger partial charge >= 0.3 is 5.97 Å². The third kappa shape index (κ3) is 3.21. The van der Waals surface area contributed by atoms with Gasteiger partial charge in [-0.25, -0.2) is 4.79 Å². The first-order valence-corrected chi connectivity index (χ1v) is 4.57. The highest BCUT2D eigenvalue weighted by molar-refractivity contribution is 7.47. The summed E-state index contributed by atoms with van der Waals surface area (Å²) in [4.78, 5) is 38.1. The summed E-state index contributed by atoms with van der Waals surface area (Å²) in [7, 11) is 0. The smallest absolute Gasteiger partial charge is 0.306 e. The van der Waals surface area contributed by atoms with Crippen LogP contribution in [0.15, 0.2) is 16.7 Å². The van der Waals surface area contributed by atoms with Crippen molar-refractivity contribution in [2.75, 3.05) is 6.54 Å². The fraction of sp³-hybridized carbons (Fsp3) is 0.375. The van der Waals surface area contributed by atoms with E-state index >= 15 is 0 Å². The van der Waals surface area contributed by atoms with E-state index in [1.165, 1.54) is 12.2 Å². The molecule has 1 aliphatic heterocycles. The average molecular weight is 228 g/mol. The summed E-state index contributed by atoms with van der Waals surface area (Å²) in [6, 6.07) is 0. The molecule has 7 heteroatoms. The maximum absolute atomic E-state index is 11.1. The number of amides is 2. The maximum Gasteiger partial charge on any atom is 0.336 e. The van der Waals surface area contributed by atoms with Gasteiger partial charge < -0.3 is 4.84 Å². The lowest BCUT2D eigenvalue weighted by molar-refractivity contribution is -0.144. The van der Waals surface area contributed by atoms with Crippen LogP contribution in [0.3, 0.4) is 0 Å². The molecule has 0 spiro atoms. The Hall–Kier alpha value is -1.63. The predicted octanol–water partition coefficient (Wildman–Crippen LogP) is -0.120. The van der Waals surface area contributed by atoms with Gasteiger partial charge in [-0.15, -0.1) is 0 Å². The van der Waals surface area contributed by atoms with Crippen molar-refractivity contribution in [2.24, 2.45) is 4.53 Å². The number of nitrogens with zero attached hydrogens (tertiary/aromatic N) is 2. The molecule has 2 amide bonds. The van der Waals surface area contributed by atoms with E-state index < -0.39 is 5.97 Å². The molecular weight excluding hydrogens is 220 g/mol. The van der Waals surface area contributed by atoms with Crippen molar-refractivity contribution >= 4 is 30.2 Å². The maximum atomic E-state index is 11.1. The molecule has 0 atom stereocenters. The van der Waals surface area contributed by atoms with E-state index in [0.717, 1.165) is 4.90 Å². The minimum atomic E-state index is -0.572. The highest BCUT2D eigenvalue weighted by atomic mass is 32.1. The zero-order valence-corrected chi connectivity index (χ0v) is 8.53. The van der Waals surface area contributed by atoms with Gasteiger partial charge in [0.15, 0.2) is 0 Å². The lowest BCUT2D eigenvalue weighted by Crippen LogP contribution is -2.31. The second-order valence-corrected chi connectivity index (χ2v) is 2.95. The number of carbonyl (C=O) groups excluding carboxylic acids is 3. The molecule has 1 rings (SSSR count). The molecule has 0 aromatic carbocycles. The number of rotatable bonds is 5. The van der Waals surface area contributed by atoms with E-state index in [1.807, 2.05) is 0 Å². The quantitative estimate of drug-likeness (QED) is 0.484. The van der Waals surface area contributed by atoms with Gasteiger partial charge in [0.25, 0.3) is 11.8 Å². The number of hydrogen-bond acceptors (Lipinski definition) is 6. The van der Waals surface area contributed by atoms with Crippen LogP contribution in [0.2, 0.25) is 0 Å². The van der Waals surface area contributed by atoms with Crippen LogP contribution in [0.25, 0.3) is 0 Å². The SMILES string of the molecule is O=C(CCCN1C(=O)C=CC1=O)ON=S. The Morgan fingerprint density at radius 3 is 2.53 bits per heavy atom. The van der Waals surface area contributed by atoms with Crippen molar-refractivity contribution in [1.82, 2.24) is 4.90 Å². The molecule has 0 saturated heterocycles. The van der Waals surface area contributed by atoms with Gasteiger partial charge in [0.2, 0.25) is 0 Å². The van der Waals surface area contributed by atoms with Crippen molar-refractivity contribution in [2.45, 2.75) is 12.8 Å². The van der Waals surface area contributed by atoms with Gasteiger partial charge in [-0.3, -0.25) is 14.5 Å². The molecule has 0 aliphatic carbocycles. The van der Waals surface area contributed by atoms with Crippen LogP contribution in [-0.2, 0) is 31.6 Å². The third-order valence-corrected chi connectivity index (χ3v) is 1.88. The first kappa shape index (κ1) is 11.4. The summed E-state index contributed by atoms with van der Waals surface area (Å²) in [6.07, 6.45) is 2.79. The van der Waals surface area contributed by atoms with Crippen LogP contribution in [0.5, 0.6) is 0 Å². The van der Waals surface area contributed by atoms with Gasteiger partial charge in [0, 0.05) is 25.1 Å². The fourth-order valence-corrected chi connectivity index (χ4v) is 1.20. The Morgan fingerprint density at radius 2 is 2.00 bits per heavy atom. The standard InChI is InChI=1S/C8H8N2O4S/c11-6-3-4-7(12)10(6)5-1-2-8(13)14-9-15/h3-4H,1-2,5H2. The fourth-order valence-electron chi connectivity index (χ4n) is 1.12. The number of hydrogen-bond donors (Lipinski definition) is 0. The van der Waals surface area contributed by atoms with E-state index in [4.69, 9.17) is 0 Å². The Balaban J connectivity index is 2.26. The highest BCUT2D eigenvalue weighted by Crippen LogP contribution is 2.05. The van der Waals surface area contributed by atoms with Gasteiger partial charge in [-0.1, -0.05) is 0 Å². The lowest BCUT2D eigenvalue weighted by atomic mass is 10.3. The van der Waals surface area contributed by atoms with Crippen molar-refractivity contribution in [1.29, 1.82) is 0 Å². The molecular formula is C8H8N2O4S. The van der Waals surface area contributed by atoms with Gasteiger partial charge in [0.05, 0.1) is 12.4 Å². The Morgan fingerprint density at radius 1 is 1.40 bits per heavy atom. The first-order chi connectivity index (χ1) is 7.15. The van der Waals surface area contributed by atoms with E-state index in [9.17, 15) is 14.4 Å². The summed E-state index contributed by atoms with van der Waals surface area (Å²) in [5, 5.41) is 0. The molecule has 1 aliphatic rings. The second-order valence-electron chi connectivity index (χ2n) is 2.80. The Kier molecular flexibility index (Phi) is 4.04. The highest BCUT2D eigenvalue weighted by Gasteiger charge is 2.22. The molecule has 0 unspecified atom stereocenters. The van der Waals surface area contributed by atoms with Crippen LogP contribution in [0, 0.1) is 0 Å². The normalized spacial score (nSPS) is 14.5. The minimum Gasteiger partial charge on any atom is -0.306 e. The molecule has 80 valence electrons. The number of imide groups is 1. The molecule has 0 aromatic heterocycles. The van der Waals surface area contributed by atoms with Crippen LogP contribution < -0.4 is 0 Å². The van der Waals surface area contributed by atoms with Gasteiger partial charge in [-0.2, -0.15) is 0 Å². The lowest BCUT2D eigenvalue weighted by Gasteiger charge is -2.12. The zero-order valence-electron chi connectivity index (χ0n) is 7.71. The summed E-state index contributed by atoms with van der Waals surface area (Å²) >= 11 is 4.08. The molecule has 0 radical (unpaired) electrons. The second kappa shape index (κ2) is 5.30. The predicted molar refractivity (Wildman–Crippen MR) is 51.0 cm³/mol. The Bertz CT molecular complexity index is 322. The minimum absolute atomic E-state index is 0.0667.